The Labute approximate surface area is 141 Å². The van der Waals surface area contributed by atoms with Crippen molar-refractivity contribution in [1.82, 2.24) is 0 Å². The first-order valence-corrected chi connectivity index (χ1v) is 7.83. The van der Waals surface area contributed by atoms with Crippen molar-refractivity contribution in [2.24, 2.45) is 0 Å². The highest BCUT2D eigenvalue weighted by Crippen LogP contribution is 2.41. The summed E-state index contributed by atoms with van der Waals surface area (Å²) in [7, 11) is 0. The molecule has 3 nitrogen and oxygen atoms in total. The van der Waals surface area contributed by atoms with Gasteiger partial charge in [0.05, 0.1) is 0 Å². The van der Waals surface area contributed by atoms with Gasteiger partial charge >= 0.3 is 0 Å². The molecule has 0 fully saturated rings. The smallest absolute Gasteiger partial charge is 0.119 e. The van der Waals surface area contributed by atoms with Crippen molar-refractivity contribution in [3.63, 3.8) is 0 Å². The number of hydrogen-bond acceptors (Lipinski definition) is 3. The summed E-state index contributed by atoms with van der Waals surface area (Å²) in [4.78, 5) is 0. The van der Waals surface area contributed by atoms with Gasteiger partial charge in [-0.3, -0.25) is 0 Å². The summed E-state index contributed by atoms with van der Waals surface area (Å²) in [6.07, 6.45) is 0. The monoisotopic (exact) mass is 320 g/mol. The third kappa shape index (κ3) is 3.06. The lowest BCUT2D eigenvalue weighted by atomic mass is 9.83. The van der Waals surface area contributed by atoms with Gasteiger partial charge in [0.2, 0.25) is 0 Å². The molecule has 0 aliphatic carbocycles. The third-order valence-electron chi connectivity index (χ3n) is 4.22. The summed E-state index contributed by atoms with van der Waals surface area (Å²) < 4.78 is 0. The van der Waals surface area contributed by atoms with E-state index in [4.69, 9.17) is 0 Å². The molecular formula is C21H20O3. The van der Waals surface area contributed by atoms with Crippen LogP contribution in [0.1, 0.15) is 33.7 Å². The molecule has 122 valence electrons. The molecule has 0 amide bonds. The van der Waals surface area contributed by atoms with Crippen LogP contribution in [-0.2, 0) is 0 Å². The Hall–Kier alpha value is -2.94. The fourth-order valence-corrected chi connectivity index (χ4v) is 2.99. The van der Waals surface area contributed by atoms with Gasteiger partial charge < -0.3 is 15.3 Å². The van der Waals surface area contributed by atoms with E-state index in [0.717, 1.165) is 16.7 Å². The fourth-order valence-electron chi connectivity index (χ4n) is 2.99. The van der Waals surface area contributed by atoms with Crippen molar-refractivity contribution in [1.29, 1.82) is 0 Å². The van der Waals surface area contributed by atoms with Crippen LogP contribution in [0.2, 0.25) is 0 Å². The van der Waals surface area contributed by atoms with Gasteiger partial charge in [-0.25, -0.2) is 0 Å². The van der Waals surface area contributed by atoms with Crippen LogP contribution < -0.4 is 0 Å². The second-order valence-electron chi connectivity index (χ2n) is 6.15. The Morgan fingerprint density at radius 1 is 0.625 bits per heavy atom. The lowest BCUT2D eigenvalue weighted by Crippen LogP contribution is -2.04. The van der Waals surface area contributed by atoms with Crippen LogP contribution in [0.3, 0.4) is 0 Å². The largest absolute Gasteiger partial charge is 0.508 e. The highest BCUT2D eigenvalue weighted by atomic mass is 16.3. The first-order valence-electron chi connectivity index (χ1n) is 7.83. The summed E-state index contributed by atoms with van der Waals surface area (Å²) in [6, 6.07) is 17.9. The third-order valence-corrected chi connectivity index (χ3v) is 4.22. The van der Waals surface area contributed by atoms with E-state index in [1.54, 1.807) is 36.4 Å². The number of aryl methyl sites for hydroxylation is 2. The Balaban J connectivity index is 2.22. The van der Waals surface area contributed by atoms with Crippen molar-refractivity contribution in [3.8, 4) is 17.2 Å². The van der Waals surface area contributed by atoms with E-state index in [2.05, 4.69) is 0 Å². The maximum Gasteiger partial charge on any atom is 0.119 e. The molecule has 0 unspecified atom stereocenters. The van der Waals surface area contributed by atoms with Gasteiger partial charge in [0.15, 0.2) is 0 Å². The maximum absolute atomic E-state index is 10.5. The second kappa shape index (κ2) is 6.28. The number of benzene rings is 3. The summed E-state index contributed by atoms with van der Waals surface area (Å²) in [6.45, 7) is 3.84. The molecule has 3 N–H and O–H groups in total. The summed E-state index contributed by atoms with van der Waals surface area (Å²) in [5.41, 5.74) is 4.24. The minimum absolute atomic E-state index is 0.179. The van der Waals surface area contributed by atoms with Crippen molar-refractivity contribution < 1.29 is 15.3 Å². The first-order chi connectivity index (χ1) is 11.5. The molecular weight excluding hydrogens is 300 g/mol. The highest BCUT2D eigenvalue weighted by Gasteiger charge is 2.22. The molecule has 3 heteroatoms. The van der Waals surface area contributed by atoms with Crippen LogP contribution in [0, 0.1) is 13.8 Å². The first kappa shape index (κ1) is 15.9. The lowest BCUT2D eigenvalue weighted by Gasteiger charge is -2.21. The summed E-state index contributed by atoms with van der Waals surface area (Å²) in [5, 5.41) is 30.5. The van der Waals surface area contributed by atoms with Crippen molar-refractivity contribution in [3.05, 3.63) is 88.5 Å². The predicted octanol–water partition coefficient (Wildman–Crippen LogP) is 4.60. The normalized spacial score (nSPS) is 11.0. The Morgan fingerprint density at radius 3 is 1.50 bits per heavy atom. The molecule has 0 heterocycles. The average Bonchev–Trinajstić information content (AvgIpc) is 2.53. The van der Waals surface area contributed by atoms with E-state index in [-0.39, 0.29) is 23.2 Å². The molecule has 3 rings (SSSR count). The van der Waals surface area contributed by atoms with Crippen molar-refractivity contribution in [2.75, 3.05) is 0 Å². The number of phenols is 3. The molecule has 0 aromatic heterocycles. The molecule has 0 atom stereocenters. The zero-order chi connectivity index (χ0) is 17.3. The Kier molecular flexibility index (Phi) is 4.17. The molecule has 0 aliphatic rings. The van der Waals surface area contributed by atoms with E-state index in [1.165, 1.54) is 0 Å². The molecule has 0 bridgehead atoms. The topological polar surface area (TPSA) is 60.7 Å². The minimum atomic E-state index is -0.327. The molecule has 0 aliphatic heterocycles. The van der Waals surface area contributed by atoms with Gasteiger partial charge in [0.1, 0.15) is 17.2 Å². The summed E-state index contributed by atoms with van der Waals surface area (Å²) in [5.74, 6) is 0.228. The van der Waals surface area contributed by atoms with Crippen molar-refractivity contribution >= 4 is 0 Å². The van der Waals surface area contributed by atoms with Crippen LogP contribution in [0.4, 0.5) is 0 Å². The SMILES string of the molecule is Cc1ccc(C(c2ccc(O)cc2)c2ccc(C)cc2O)c(O)c1. The van der Waals surface area contributed by atoms with Gasteiger partial charge in [0.25, 0.3) is 0 Å². The lowest BCUT2D eigenvalue weighted by molar-refractivity contribution is 0.458. The zero-order valence-electron chi connectivity index (χ0n) is 13.7. The van der Waals surface area contributed by atoms with Gasteiger partial charge in [-0.2, -0.15) is 0 Å². The predicted molar refractivity (Wildman–Crippen MR) is 94.7 cm³/mol. The van der Waals surface area contributed by atoms with Gasteiger partial charge in [0, 0.05) is 17.0 Å². The zero-order valence-corrected chi connectivity index (χ0v) is 13.7. The molecule has 0 saturated heterocycles. The molecule has 3 aromatic rings. The summed E-state index contributed by atoms with van der Waals surface area (Å²) >= 11 is 0. The molecule has 0 radical (unpaired) electrons. The second-order valence-corrected chi connectivity index (χ2v) is 6.15. The number of aromatic hydroxyl groups is 3. The maximum atomic E-state index is 10.5. The number of phenolic OH excluding ortho intramolecular Hbond substituents is 3. The Morgan fingerprint density at radius 2 is 1.08 bits per heavy atom. The average molecular weight is 320 g/mol. The van der Waals surface area contributed by atoms with E-state index in [1.807, 2.05) is 38.1 Å². The minimum Gasteiger partial charge on any atom is -0.508 e. The van der Waals surface area contributed by atoms with E-state index in [0.29, 0.717) is 11.1 Å². The molecule has 24 heavy (non-hydrogen) atoms. The van der Waals surface area contributed by atoms with E-state index < -0.39 is 0 Å². The standard InChI is InChI=1S/C21H20O3/c1-13-3-9-17(19(23)11-13)21(15-5-7-16(22)8-6-15)18-10-4-14(2)12-20(18)24/h3-12,21-24H,1-2H3. The van der Waals surface area contributed by atoms with Gasteiger partial charge in [-0.1, -0.05) is 36.4 Å². The molecule has 3 aromatic carbocycles. The van der Waals surface area contributed by atoms with Gasteiger partial charge in [-0.15, -0.1) is 0 Å². The van der Waals surface area contributed by atoms with Gasteiger partial charge in [-0.05, 0) is 54.8 Å². The number of rotatable bonds is 3. The quantitative estimate of drug-likeness (QED) is 0.618. The van der Waals surface area contributed by atoms with Crippen molar-refractivity contribution in [2.45, 2.75) is 19.8 Å². The van der Waals surface area contributed by atoms with Crippen LogP contribution in [0.25, 0.3) is 0 Å². The van der Waals surface area contributed by atoms with Crippen LogP contribution in [0.5, 0.6) is 17.2 Å². The van der Waals surface area contributed by atoms with Crippen LogP contribution in [-0.4, -0.2) is 15.3 Å². The van der Waals surface area contributed by atoms with E-state index in [9.17, 15) is 15.3 Å². The number of hydrogen-bond donors (Lipinski definition) is 3. The Bertz CT molecular complexity index is 815. The molecule has 0 saturated carbocycles. The van der Waals surface area contributed by atoms with Crippen LogP contribution >= 0.6 is 0 Å². The fraction of sp³-hybridized carbons (Fsp3) is 0.143. The van der Waals surface area contributed by atoms with E-state index >= 15 is 0 Å². The van der Waals surface area contributed by atoms with Crippen LogP contribution in [0.15, 0.2) is 60.7 Å². The molecule has 0 spiro atoms. The highest BCUT2D eigenvalue weighted by molar-refractivity contribution is 5.54.